The Morgan fingerprint density at radius 1 is 1.59 bits per heavy atom. The lowest BCUT2D eigenvalue weighted by molar-refractivity contribution is -0.125. The summed E-state index contributed by atoms with van der Waals surface area (Å²) < 4.78 is 5.14. The molecule has 1 aromatic carbocycles. The molecule has 92 valence electrons. The van der Waals surface area contributed by atoms with Crippen molar-refractivity contribution < 1.29 is 14.6 Å². The summed E-state index contributed by atoms with van der Waals surface area (Å²) in [6.45, 7) is 1.41. The van der Waals surface area contributed by atoms with Gasteiger partial charge in [0.1, 0.15) is 5.75 Å². The van der Waals surface area contributed by atoms with E-state index in [4.69, 9.17) is 10.5 Å². The van der Waals surface area contributed by atoms with Gasteiger partial charge >= 0.3 is 0 Å². The van der Waals surface area contributed by atoms with Crippen molar-refractivity contribution >= 4 is 11.6 Å². The maximum atomic E-state index is 11.7. The summed E-state index contributed by atoms with van der Waals surface area (Å²) >= 11 is 0. The van der Waals surface area contributed by atoms with Gasteiger partial charge in [-0.1, -0.05) is 0 Å². The Morgan fingerprint density at radius 2 is 2.41 bits per heavy atom. The van der Waals surface area contributed by atoms with E-state index in [9.17, 15) is 9.90 Å². The van der Waals surface area contributed by atoms with Gasteiger partial charge in [0, 0.05) is 24.4 Å². The van der Waals surface area contributed by atoms with Gasteiger partial charge in [-0.3, -0.25) is 4.79 Å². The molecule has 1 fully saturated rings. The second kappa shape index (κ2) is 5.05. The van der Waals surface area contributed by atoms with Crippen molar-refractivity contribution in [1.82, 2.24) is 5.32 Å². The quantitative estimate of drug-likeness (QED) is 0.531. The number of phenolic OH excluding ortho intramolecular Hbond substituents is 1. The molecule has 1 aromatic rings. The third-order valence-corrected chi connectivity index (χ3v) is 2.86. The number of hydrogen-bond acceptors (Lipinski definition) is 4. The molecule has 1 atom stereocenters. The number of anilines is 1. The van der Waals surface area contributed by atoms with E-state index < -0.39 is 0 Å². The lowest BCUT2D eigenvalue weighted by Gasteiger charge is -2.10. The number of ether oxygens (including phenoxy) is 1. The van der Waals surface area contributed by atoms with E-state index in [1.165, 1.54) is 6.07 Å². The van der Waals surface area contributed by atoms with Gasteiger partial charge in [-0.15, -0.1) is 0 Å². The first-order valence-corrected chi connectivity index (χ1v) is 5.59. The molecule has 1 heterocycles. The zero-order chi connectivity index (χ0) is 12.3. The highest BCUT2D eigenvalue weighted by Gasteiger charge is 2.23. The van der Waals surface area contributed by atoms with Crippen LogP contribution in [0.15, 0.2) is 18.2 Å². The monoisotopic (exact) mass is 236 g/mol. The van der Waals surface area contributed by atoms with Crippen LogP contribution in [-0.2, 0) is 16.1 Å². The highest BCUT2D eigenvalue weighted by Crippen LogP contribution is 2.20. The van der Waals surface area contributed by atoms with E-state index in [2.05, 4.69) is 5.32 Å². The second-order valence-corrected chi connectivity index (χ2v) is 4.17. The maximum Gasteiger partial charge on any atom is 0.225 e. The molecule has 0 spiro atoms. The van der Waals surface area contributed by atoms with E-state index >= 15 is 0 Å². The third-order valence-electron chi connectivity index (χ3n) is 2.86. The molecule has 4 N–H and O–H groups in total. The SMILES string of the molecule is Nc1ccc(O)c(CNC(=O)C2CCOC2)c1. The standard InChI is InChI=1S/C12H16N2O3/c13-10-1-2-11(15)9(5-10)6-14-12(16)8-3-4-17-7-8/h1-2,5,8,15H,3-4,6-7,13H2,(H,14,16). The number of nitrogen functional groups attached to an aromatic ring is 1. The van der Waals surface area contributed by atoms with Crippen LogP contribution in [0.2, 0.25) is 0 Å². The van der Waals surface area contributed by atoms with E-state index in [-0.39, 0.29) is 24.1 Å². The van der Waals surface area contributed by atoms with Gasteiger partial charge in [-0.05, 0) is 24.6 Å². The maximum absolute atomic E-state index is 11.7. The summed E-state index contributed by atoms with van der Waals surface area (Å²) in [6, 6.07) is 4.79. The van der Waals surface area contributed by atoms with E-state index in [1.807, 2.05) is 0 Å². The normalized spacial score (nSPS) is 19.2. The molecule has 5 heteroatoms. The van der Waals surface area contributed by atoms with Gasteiger partial charge in [0.15, 0.2) is 0 Å². The van der Waals surface area contributed by atoms with Crippen LogP contribution in [0.1, 0.15) is 12.0 Å². The summed E-state index contributed by atoms with van der Waals surface area (Å²) in [4.78, 5) is 11.7. The van der Waals surface area contributed by atoms with Gasteiger partial charge in [0.05, 0.1) is 12.5 Å². The summed E-state index contributed by atoms with van der Waals surface area (Å²) in [6.07, 6.45) is 0.759. The summed E-state index contributed by atoms with van der Waals surface area (Å²) in [5.41, 5.74) is 6.80. The van der Waals surface area contributed by atoms with Crippen molar-refractivity contribution in [3.8, 4) is 5.75 Å². The van der Waals surface area contributed by atoms with Crippen LogP contribution < -0.4 is 11.1 Å². The van der Waals surface area contributed by atoms with E-state index in [0.717, 1.165) is 6.42 Å². The third kappa shape index (κ3) is 2.88. The van der Waals surface area contributed by atoms with Crippen LogP contribution in [0, 0.1) is 5.92 Å². The minimum atomic E-state index is -0.0711. The Hall–Kier alpha value is -1.75. The number of aromatic hydroxyl groups is 1. The minimum absolute atomic E-state index is 0.0377. The van der Waals surface area contributed by atoms with Crippen molar-refractivity contribution in [3.63, 3.8) is 0 Å². The van der Waals surface area contributed by atoms with Crippen molar-refractivity contribution in [3.05, 3.63) is 23.8 Å². The predicted octanol–water partition coefficient (Wildman–Crippen LogP) is 0.627. The zero-order valence-electron chi connectivity index (χ0n) is 9.48. The molecule has 0 aliphatic carbocycles. The fourth-order valence-corrected chi connectivity index (χ4v) is 1.82. The van der Waals surface area contributed by atoms with Crippen LogP contribution in [0.3, 0.4) is 0 Å². The smallest absolute Gasteiger partial charge is 0.225 e. The molecule has 5 nitrogen and oxygen atoms in total. The first-order valence-electron chi connectivity index (χ1n) is 5.59. The molecule has 0 bridgehead atoms. The molecule has 0 radical (unpaired) electrons. The zero-order valence-corrected chi connectivity index (χ0v) is 9.48. The van der Waals surface area contributed by atoms with Crippen LogP contribution >= 0.6 is 0 Å². The molecule has 1 amide bonds. The molecule has 2 rings (SSSR count). The Labute approximate surface area is 99.6 Å². The van der Waals surface area contributed by atoms with Gasteiger partial charge in [-0.2, -0.15) is 0 Å². The number of carbonyl (C=O) groups excluding carboxylic acids is 1. The molecule has 0 saturated carbocycles. The topological polar surface area (TPSA) is 84.6 Å². The minimum Gasteiger partial charge on any atom is -0.508 e. The van der Waals surface area contributed by atoms with Gasteiger partial charge < -0.3 is 20.9 Å². The van der Waals surface area contributed by atoms with Crippen LogP contribution in [0.5, 0.6) is 5.75 Å². The Morgan fingerprint density at radius 3 is 3.12 bits per heavy atom. The van der Waals surface area contributed by atoms with E-state index in [1.54, 1.807) is 12.1 Å². The number of phenols is 1. The molecule has 17 heavy (non-hydrogen) atoms. The Bertz CT molecular complexity index is 414. The van der Waals surface area contributed by atoms with Crippen molar-refractivity contribution in [2.45, 2.75) is 13.0 Å². The summed E-state index contributed by atoms with van der Waals surface area (Å²) in [7, 11) is 0. The molecular formula is C12H16N2O3. The number of nitrogens with two attached hydrogens (primary N) is 1. The predicted molar refractivity (Wildman–Crippen MR) is 63.3 cm³/mol. The average Bonchev–Trinajstić information content (AvgIpc) is 2.83. The summed E-state index contributed by atoms with van der Waals surface area (Å²) in [5, 5.41) is 12.4. The van der Waals surface area contributed by atoms with Crippen LogP contribution in [0.25, 0.3) is 0 Å². The molecule has 1 unspecified atom stereocenters. The molecule has 1 aliphatic rings. The van der Waals surface area contributed by atoms with Gasteiger partial charge in [0.2, 0.25) is 5.91 Å². The Balaban J connectivity index is 1.92. The fourth-order valence-electron chi connectivity index (χ4n) is 1.82. The molecule has 1 aliphatic heterocycles. The van der Waals surface area contributed by atoms with Crippen molar-refractivity contribution in [2.75, 3.05) is 18.9 Å². The number of hydrogen-bond donors (Lipinski definition) is 3. The first-order chi connectivity index (χ1) is 8.16. The van der Waals surface area contributed by atoms with E-state index in [0.29, 0.717) is 24.5 Å². The number of nitrogens with one attached hydrogen (secondary N) is 1. The molecule has 1 saturated heterocycles. The van der Waals surface area contributed by atoms with Crippen molar-refractivity contribution in [2.24, 2.45) is 5.92 Å². The number of amides is 1. The Kier molecular flexibility index (Phi) is 3.49. The lowest BCUT2D eigenvalue weighted by Crippen LogP contribution is -2.30. The number of carbonyl (C=O) groups is 1. The highest BCUT2D eigenvalue weighted by molar-refractivity contribution is 5.79. The largest absolute Gasteiger partial charge is 0.508 e. The van der Waals surface area contributed by atoms with Crippen LogP contribution in [0.4, 0.5) is 5.69 Å². The lowest BCUT2D eigenvalue weighted by atomic mass is 10.1. The van der Waals surface area contributed by atoms with Crippen LogP contribution in [-0.4, -0.2) is 24.2 Å². The van der Waals surface area contributed by atoms with Crippen molar-refractivity contribution in [1.29, 1.82) is 0 Å². The first kappa shape index (κ1) is 11.7. The second-order valence-electron chi connectivity index (χ2n) is 4.17. The highest BCUT2D eigenvalue weighted by atomic mass is 16.5. The molecule has 0 aromatic heterocycles. The fraction of sp³-hybridized carbons (Fsp3) is 0.417. The van der Waals surface area contributed by atoms with Gasteiger partial charge in [0.25, 0.3) is 0 Å². The molecular weight excluding hydrogens is 220 g/mol. The average molecular weight is 236 g/mol. The summed E-state index contributed by atoms with van der Waals surface area (Å²) in [5.74, 6) is 0.0321. The number of rotatable bonds is 3. The number of benzene rings is 1. The van der Waals surface area contributed by atoms with Gasteiger partial charge in [-0.25, -0.2) is 0 Å².